The molecule has 3 atom stereocenters. The Morgan fingerprint density at radius 1 is 0.768 bits per heavy atom. The Morgan fingerprint density at radius 2 is 1.48 bits per heavy atom. The fourth-order valence-corrected chi connectivity index (χ4v) is 7.74. The first kappa shape index (κ1) is 39.6. The van der Waals surface area contributed by atoms with Crippen LogP contribution < -0.4 is 16.4 Å². The second-order valence-electron chi connectivity index (χ2n) is 15.1. The van der Waals surface area contributed by atoms with E-state index in [1.54, 1.807) is 12.1 Å². The third-order valence-corrected chi connectivity index (χ3v) is 11.0. The van der Waals surface area contributed by atoms with E-state index in [4.69, 9.17) is 24.7 Å². The van der Waals surface area contributed by atoms with E-state index in [2.05, 4.69) is 51.9 Å². The number of rotatable bonds is 15. The molecule has 7 rings (SSSR count). The average molecular weight is 763 g/mol. The van der Waals surface area contributed by atoms with Gasteiger partial charge in [0.2, 0.25) is 11.8 Å². The number of piperidine rings is 1. The van der Waals surface area contributed by atoms with Crippen LogP contribution in [0.4, 0.5) is 11.4 Å². The number of nitrogens with zero attached hydrogens (tertiary/aromatic N) is 1. The van der Waals surface area contributed by atoms with E-state index >= 15 is 0 Å². The molecule has 3 aliphatic heterocycles. The Hall–Kier alpha value is -4.62. The lowest BCUT2D eigenvalue weighted by atomic mass is 9.98. The molecule has 1 spiro atoms. The smallest absolute Gasteiger partial charge is 0.224 e. The molecule has 3 unspecified atom stereocenters. The van der Waals surface area contributed by atoms with Crippen molar-refractivity contribution in [2.45, 2.75) is 88.8 Å². The quantitative estimate of drug-likeness (QED) is 0.0742. The summed E-state index contributed by atoms with van der Waals surface area (Å²) in [5.74, 6) is -0.491. The molecule has 0 aliphatic carbocycles. The van der Waals surface area contributed by atoms with Crippen molar-refractivity contribution in [3.05, 3.63) is 119 Å². The fraction of sp³-hybridized carbons (Fsp3) is 0.422. The van der Waals surface area contributed by atoms with Crippen LogP contribution in [-0.4, -0.2) is 66.6 Å². The number of aliphatic hydroxyl groups excluding tert-OH is 1. The monoisotopic (exact) mass is 762 g/mol. The summed E-state index contributed by atoms with van der Waals surface area (Å²) >= 11 is 0. The molecule has 0 bridgehead atoms. The summed E-state index contributed by atoms with van der Waals surface area (Å²) in [6.07, 6.45) is 4.74. The Morgan fingerprint density at radius 3 is 2.21 bits per heavy atom. The minimum absolute atomic E-state index is 0.00394. The third-order valence-electron chi connectivity index (χ3n) is 11.0. The van der Waals surface area contributed by atoms with Crippen LogP contribution in [-0.2, 0) is 41.7 Å². The molecule has 56 heavy (non-hydrogen) atoms. The molecular weight excluding hydrogens is 709 g/mol. The number of hydrogen-bond acceptors (Lipinski definition) is 9. The number of nitrogen functional groups attached to an aromatic ring is 1. The molecule has 5 N–H and O–H groups in total. The Bertz CT molecular complexity index is 1890. The second kappa shape index (κ2) is 19.0. The molecule has 11 nitrogen and oxygen atoms in total. The van der Waals surface area contributed by atoms with Crippen molar-refractivity contribution >= 4 is 23.2 Å². The number of anilines is 2. The standard InChI is InChI=1S/C45H54N4O7/c46-39-9-4-5-10-40(39)48-43(52)12-3-1-2-11-42(51)47-29-33-7-6-8-37(27-33)34-17-19-36(20-18-34)44-55-38(28-41(56-44)35-15-13-32(31-50)14-16-35)30-49-23-21-45(22-24-49)53-25-26-54-45/h4-10,13-20,27,38,41,44,50H,1-3,11-12,21-26,28-31,46H2,(H,47,51)(H,48,52). The van der Waals surface area contributed by atoms with Gasteiger partial charge in [0.15, 0.2) is 12.1 Å². The van der Waals surface area contributed by atoms with Crippen molar-refractivity contribution < 1.29 is 33.6 Å². The SMILES string of the molecule is Nc1ccccc1NC(=O)CCCCCC(=O)NCc1cccc(-c2ccc(C3OC(CN4CCC5(CC4)OCCO5)CC(c4ccc(CO)cc4)O3)cc2)c1. The van der Waals surface area contributed by atoms with Gasteiger partial charge in [-0.05, 0) is 58.9 Å². The minimum Gasteiger partial charge on any atom is -0.397 e. The third kappa shape index (κ3) is 10.6. The lowest BCUT2D eigenvalue weighted by molar-refractivity contribution is -0.255. The van der Waals surface area contributed by atoms with E-state index in [0.717, 1.165) is 78.7 Å². The van der Waals surface area contributed by atoms with Gasteiger partial charge in [0.25, 0.3) is 0 Å². The van der Waals surface area contributed by atoms with E-state index in [1.165, 1.54) is 0 Å². The molecule has 11 heteroatoms. The summed E-state index contributed by atoms with van der Waals surface area (Å²) in [7, 11) is 0. The van der Waals surface area contributed by atoms with E-state index in [1.807, 2.05) is 48.5 Å². The maximum atomic E-state index is 12.6. The van der Waals surface area contributed by atoms with E-state index in [9.17, 15) is 14.7 Å². The highest BCUT2D eigenvalue weighted by Crippen LogP contribution is 2.39. The van der Waals surface area contributed by atoms with Crippen LogP contribution >= 0.6 is 0 Å². The number of hydrogen-bond donors (Lipinski definition) is 4. The van der Waals surface area contributed by atoms with Crippen LogP contribution in [0.25, 0.3) is 11.1 Å². The van der Waals surface area contributed by atoms with Gasteiger partial charge in [0.05, 0.1) is 43.4 Å². The number of benzene rings is 4. The maximum absolute atomic E-state index is 12.6. The normalized spacial score (nSPS) is 20.8. The average Bonchev–Trinajstić information content (AvgIpc) is 3.69. The first-order valence-corrected chi connectivity index (χ1v) is 20.0. The van der Waals surface area contributed by atoms with Crippen molar-refractivity contribution in [1.82, 2.24) is 10.2 Å². The lowest BCUT2D eigenvalue weighted by Gasteiger charge is -2.41. The van der Waals surface area contributed by atoms with Crippen LogP contribution in [0.1, 0.15) is 86.0 Å². The molecule has 3 heterocycles. The van der Waals surface area contributed by atoms with Crippen molar-refractivity contribution in [2.75, 3.05) is 43.9 Å². The zero-order valence-corrected chi connectivity index (χ0v) is 32.0. The molecule has 0 saturated carbocycles. The number of carbonyl (C=O) groups excluding carboxylic acids is 2. The summed E-state index contributed by atoms with van der Waals surface area (Å²) < 4.78 is 25.2. The summed E-state index contributed by atoms with van der Waals surface area (Å²) in [5.41, 5.74) is 13.1. The van der Waals surface area contributed by atoms with Gasteiger partial charge in [-0.15, -0.1) is 0 Å². The van der Waals surface area contributed by atoms with Gasteiger partial charge in [-0.25, -0.2) is 0 Å². The van der Waals surface area contributed by atoms with E-state index < -0.39 is 12.1 Å². The lowest BCUT2D eigenvalue weighted by Crippen LogP contribution is -2.48. The molecule has 0 radical (unpaired) electrons. The van der Waals surface area contributed by atoms with Crippen LogP contribution in [0.15, 0.2) is 97.1 Å². The molecule has 2 amide bonds. The Labute approximate surface area is 329 Å². The van der Waals surface area contributed by atoms with Crippen LogP contribution in [0.3, 0.4) is 0 Å². The van der Waals surface area contributed by atoms with Gasteiger partial charge in [-0.1, -0.05) is 85.3 Å². The van der Waals surface area contributed by atoms with Gasteiger partial charge >= 0.3 is 0 Å². The first-order chi connectivity index (χ1) is 27.3. The summed E-state index contributed by atoms with van der Waals surface area (Å²) in [6.45, 7) is 4.37. The summed E-state index contributed by atoms with van der Waals surface area (Å²) in [6, 6.07) is 31.7. The molecule has 3 saturated heterocycles. The van der Waals surface area contributed by atoms with Crippen molar-refractivity contribution in [1.29, 1.82) is 0 Å². The molecule has 296 valence electrons. The molecular formula is C45H54N4O7. The largest absolute Gasteiger partial charge is 0.397 e. The van der Waals surface area contributed by atoms with Gasteiger partial charge in [-0.2, -0.15) is 0 Å². The molecule has 4 aromatic carbocycles. The Kier molecular flexibility index (Phi) is 13.4. The summed E-state index contributed by atoms with van der Waals surface area (Å²) in [5, 5.41) is 15.5. The summed E-state index contributed by atoms with van der Waals surface area (Å²) in [4.78, 5) is 27.3. The molecule has 3 fully saturated rings. The number of unbranched alkanes of at least 4 members (excludes halogenated alkanes) is 2. The zero-order chi connectivity index (χ0) is 38.7. The van der Waals surface area contributed by atoms with Crippen LogP contribution in [0.5, 0.6) is 0 Å². The highest BCUT2D eigenvalue weighted by atomic mass is 16.7. The molecule has 4 aromatic rings. The van der Waals surface area contributed by atoms with Gasteiger partial charge in [-0.3, -0.25) is 9.59 Å². The number of aliphatic hydroxyl groups is 1. The van der Waals surface area contributed by atoms with Crippen molar-refractivity contribution in [3.63, 3.8) is 0 Å². The maximum Gasteiger partial charge on any atom is 0.224 e. The number of amides is 2. The molecule has 3 aliphatic rings. The first-order valence-electron chi connectivity index (χ1n) is 20.0. The second-order valence-corrected chi connectivity index (χ2v) is 15.1. The highest BCUT2D eigenvalue weighted by molar-refractivity contribution is 5.93. The van der Waals surface area contributed by atoms with E-state index in [-0.39, 0.29) is 30.6 Å². The molecule has 0 aromatic heterocycles. The minimum atomic E-state index is -0.532. The van der Waals surface area contributed by atoms with E-state index in [0.29, 0.717) is 56.8 Å². The van der Waals surface area contributed by atoms with Gasteiger partial charge in [0.1, 0.15) is 0 Å². The number of nitrogens with one attached hydrogen (secondary N) is 2. The fourth-order valence-electron chi connectivity index (χ4n) is 7.74. The zero-order valence-electron chi connectivity index (χ0n) is 32.0. The topological polar surface area (TPSA) is 145 Å². The number of ether oxygens (including phenoxy) is 4. The van der Waals surface area contributed by atoms with Crippen LogP contribution in [0, 0.1) is 0 Å². The predicted molar refractivity (Wildman–Crippen MR) is 215 cm³/mol. The van der Waals surface area contributed by atoms with Gasteiger partial charge < -0.3 is 45.3 Å². The van der Waals surface area contributed by atoms with Crippen molar-refractivity contribution in [2.24, 2.45) is 0 Å². The highest BCUT2D eigenvalue weighted by Gasteiger charge is 2.41. The predicted octanol–water partition coefficient (Wildman–Crippen LogP) is 7.02. The number of nitrogens with two attached hydrogens (primary N) is 1. The van der Waals surface area contributed by atoms with Crippen LogP contribution in [0.2, 0.25) is 0 Å². The number of para-hydroxylation sites is 2. The van der Waals surface area contributed by atoms with Gasteiger partial charge in [0, 0.05) is 63.8 Å². The van der Waals surface area contributed by atoms with Crippen molar-refractivity contribution in [3.8, 4) is 11.1 Å². The Balaban J connectivity index is 0.904. The number of carbonyl (C=O) groups is 2. The number of likely N-dealkylation sites (tertiary alicyclic amines) is 1.